The van der Waals surface area contributed by atoms with Crippen molar-refractivity contribution < 1.29 is 13.2 Å². The van der Waals surface area contributed by atoms with Crippen LogP contribution in [-0.2, 0) is 16.4 Å². The molecule has 0 radical (unpaired) electrons. The largest absolute Gasteiger partial charge is 0.293 e. The summed E-state index contributed by atoms with van der Waals surface area (Å²) in [6.07, 6.45) is 1.71. The Morgan fingerprint density at radius 1 is 1.14 bits per heavy atom. The number of carbonyl (C=O) groups is 1. The highest BCUT2D eigenvalue weighted by Crippen LogP contribution is 2.35. The first-order valence-corrected chi connectivity index (χ1v) is 12.8. The van der Waals surface area contributed by atoms with Gasteiger partial charge in [0.15, 0.2) is 5.78 Å². The van der Waals surface area contributed by atoms with E-state index in [0.717, 1.165) is 27.1 Å². The molecule has 9 heteroatoms. The van der Waals surface area contributed by atoms with Crippen molar-refractivity contribution in [3.05, 3.63) is 51.7 Å². The molecule has 0 fully saturated rings. The summed E-state index contributed by atoms with van der Waals surface area (Å²) in [7, 11) is -3.19. The molecule has 2 heterocycles. The smallest absolute Gasteiger partial charge is 0.208 e. The third-order valence-electron chi connectivity index (χ3n) is 4.50. The number of rotatable bonds is 8. The molecule has 0 aliphatic carbocycles. The molecule has 0 amide bonds. The Labute approximate surface area is 179 Å². The van der Waals surface area contributed by atoms with Gasteiger partial charge in [-0.2, -0.15) is 0 Å². The molecular weight excluding hydrogens is 426 g/mol. The molecule has 2 aromatic heterocycles. The van der Waals surface area contributed by atoms with Crippen LogP contribution < -0.4 is 4.72 Å². The van der Waals surface area contributed by atoms with Crippen molar-refractivity contribution in [2.24, 2.45) is 0 Å². The molecule has 0 saturated carbocycles. The van der Waals surface area contributed by atoms with Crippen LogP contribution in [0.15, 0.2) is 29.3 Å². The highest BCUT2D eigenvalue weighted by Gasteiger charge is 2.15. The quantitative estimate of drug-likeness (QED) is 0.321. The summed E-state index contributed by atoms with van der Waals surface area (Å²) in [5.41, 5.74) is 2.78. The second kappa shape index (κ2) is 8.91. The lowest BCUT2D eigenvalue weighted by atomic mass is 10.1. The SMILES string of the molecule is Cc1nc(SCC(=O)c2ccc(CCNS(C)(=O)=O)cc2)c2c(C)c(C)sc2n1. The minimum Gasteiger partial charge on any atom is -0.293 e. The molecule has 1 N–H and O–H groups in total. The third kappa shape index (κ3) is 5.63. The zero-order valence-electron chi connectivity index (χ0n) is 16.8. The van der Waals surface area contributed by atoms with E-state index >= 15 is 0 Å². The molecule has 0 atom stereocenters. The molecule has 3 rings (SSSR count). The van der Waals surface area contributed by atoms with E-state index in [2.05, 4.69) is 28.5 Å². The molecule has 0 unspecified atom stereocenters. The van der Waals surface area contributed by atoms with Crippen LogP contribution in [-0.4, -0.2) is 42.7 Å². The van der Waals surface area contributed by atoms with E-state index in [1.165, 1.54) is 22.2 Å². The number of aromatic nitrogens is 2. The summed E-state index contributed by atoms with van der Waals surface area (Å²) in [6.45, 7) is 6.34. The number of Topliss-reactive ketones (excluding diaryl/α,β-unsaturated/α-hetero) is 1. The van der Waals surface area contributed by atoms with Crippen LogP contribution >= 0.6 is 23.1 Å². The molecule has 0 aliphatic rings. The lowest BCUT2D eigenvalue weighted by molar-refractivity contribution is 0.102. The minimum atomic E-state index is -3.19. The van der Waals surface area contributed by atoms with Gasteiger partial charge in [0.25, 0.3) is 0 Å². The first-order valence-electron chi connectivity index (χ1n) is 9.08. The average Bonchev–Trinajstić information content (AvgIpc) is 2.92. The number of sulfonamides is 1. The molecule has 6 nitrogen and oxygen atoms in total. The van der Waals surface area contributed by atoms with Crippen LogP contribution in [0.4, 0.5) is 0 Å². The van der Waals surface area contributed by atoms with E-state index in [1.54, 1.807) is 23.5 Å². The maximum Gasteiger partial charge on any atom is 0.208 e. The number of aryl methyl sites for hydroxylation is 3. The van der Waals surface area contributed by atoms with Crippen LogP contribution in [0.3, 0.4) is 0 Å². The molecule has 29 heavy (non-hydrogen) atoms. The Morgan fingerprint density at radius 2 is 1.83 bits per heavy atom. The zero-order valence-corrected chi connectivity index (χ0v) is 19.2. The monoisotopic (exact) mass is 449 g/mol. The molecule has 0 aliphatic heterocycles. The van der Waals surface area contributed by atoms with E-state index in [4.69, 9.17) is 0 Å². The minimum absolute atomic E-state index is 0.0323. The Balaban J connectivity index is 1.66. The van der Waals surface area contributed by atoms with Gasteiger partial charge in [-0.05, 0) is 38.3 Å². The number of fused-ring (bicyclic) bond motifs is 1. The van der Waals surface area contributed by atoms with Gasteiger partial charge in [-0.25, -0.2) is 23.1 Å². The van der Waals surface area contributed by atoms with Gasteiger partial charge in [0.1, 0.15) is 15.7 Å². The molecular formula is C20H23N3O3S3. The van der Waals surface area contributed by atoms with Crippen LogP contribution in [0.5, 0.6) is 0 Å². The third-order valence-corrected chi connectivity index (χ3v) is 7.31. The van der Waals surface area contributed by atoms with E-state index in [-0.39, 0.29) is 5.78 Å². The predicted molar refractivity (Wildman–Crippen MR) is 120 cm³/mol. The summed E-state index contributed by atoms with van der Waals surface area (Å²) in [6, 6.07) is 7.31. The summed E-state index contributed by atoms with van der Waals surface area (Å²) in [5.74, 6) is 1.04. The van der Waals surface area contributed by atoms with Crippen molar-refractivity contribution in [3.8, 4) is 0 Å². The van der Waals surface area contributed by atoms with Gasteiger partial charge < -0.3 is 0 Å². The van der Waals surface area contributed by atoms with Crippen molar-refractivity contribution in [2.75, 3.05) is 18.6 Å². The number of hydrogen-bond donors (Lipinski definition) is 1. The fourth-order valence-corrected chi connectivity index (χ4v) is 5.51. The average molecular weight is 450 g/mol. The van der Waals surface area contributed by atoms with E-state index in [0.29, 0.717) is 30.1 Å². The molecule has 3 aromatic rings. The molecule has 0 bridgehead atoms. The fraction of sp³-hybridized carbons (Fsp3) is 0.350. The van der Waals surface area contributed by atoms with Gasteiger partial charge in [-0.15, -0.1) is 11.3 Å². The lowest BCUT2D eigenvalue weighted by Crippen LogP contribution is -2.24. The fourth-order valence-electron chi connectivity index (χ4n) is 2.87. The van der Waals surface area contributed by atoms with E-state index < -0.39 is 10.0 Å². The summed E-state index contributed by atoms with van der Waals surface area (Å²) < 4.78 is 24.7. The maximum atomic E-state index is 12.6. The van der Waals surface area contributed by atoms with Gasteiger partial charge in [0.05, 0.1) is 12.0 Å². The second-order valence-corrected chi connectivity index (χ2v) is 10.9. The number of carbonyl (C=O) groups excluding carboxylic acids is 1. The van der Waals surface area contributed by atoms with E-state index in [1.807, 2.05) is 19.1 Å². The van der Waals surface area contributed by atoms with Crippen molar-refractivity contribution in [1.82, 2.24) is 14.7 Å². The predicted octanol–water partition coefficient (Wildman–Crippen LogP) is 3.68. The molecule has 154 valence electrons. The van der Waals surface area contributed by atoms with Gasteiger partial charge in [-0.1, -0.05) is 36.0 Å². The first-order chi connectivity index (χ1) is 13.6. The number of nitrogens with zero attached hydrogens (tertiary/aromatic N) is 2. The maximum absolute atomic E-state index is 12.6. The van der Waals surface area contributed by atoms with Crippen molar-refractivity contribution in [2.45, 2.75) is 32.2 Å². The van der Waals surface area contributed by atoms with Crippen LogP contribution in [0.25, 0.3) is 10.2 Å². The van der Waals surface area contributed by atoms with Gasteiger partial charge in [-0.3, -0.25) is 4.79 Å². The number of ketones is 1. The lowest BCUT2D eigenvalue weighted by Gasteiger charge is -2.06. The zero-order chi connectivity index (χ0) is 21.2. The topological polar surface area (TPSA) is 89.0 Å². The van der Waals surface area contributed by atoms with Crippen LogP contribution in [0, 0.1) is 20.8 Å². The van der Waals surface area contributed by atoms with Crippen molar-refractivity contribution >= 4 is 49.1 Å². The van der Waals surface area contributed by atoms with Gasteiger partial charge in [0.2, 0.25) is 10.0 Å². The number of thiophene rings is 1. The normalized spacial score (nSPS) is 11.9. The highest BCUT2D eigenvalue weighted by atomic mass is 32.2. The van der Waals surface area contributed by atoms with Crippen LogP contribution in [0.1, 0.15) is 32.2 Å². The second-order valence-electron chi connectivity index (χ2n) is 6.86. The number of hydrogen-bond acceptors (Lipinski definition) is 7. The summed E-state index contributed by atoms with van der Waals surface area (Å²) in [5, 5.41) is 1.90. The Bertz CT molecular complexity index is 1150. The Morgan fingerprint density at radius 3 is 2.48 bits per heavy atom. The number of nitrogens with one attached hydrogen (secondary N) is 1. The van der Waals surface area contributed by atoms with Crippen LogP contribution in [0.2, 0.25) is 0 Å². The molecule has 0 saturated heterocycles. The first kappa shape index (κ1) is 21.9. The van der Waals surface area contributed by atoms with E-state index in [9.17, 15) is 13.2 Å². The molecule has 1 aromatic carbocycles. The Hall–Kier alpha value is -1.81. The Kier molecular flexibility index (Phi) is 6.72. The summed E-state index contributed by atoms with van der Waals surface area (Å²) >= 11 is 3.10. The highest BCUT2D eigenvalue weighted by molar-refractivity contribution is 8.00. The van der Waals surface area contributed by atoms with Crippen molar-refractivity contribution in [1.29, 1.82) is 0 Å². The van der Waals surface area contributed by atoms with Crippen molar-refractivity contribution in [3.63, 3.8) is 0 Å². The summed E-state index contributed by atoms with van der Waals surface area (Å²) in [4.78, 5) is 23.9. The number of thioether (sulfide) groups is 1. The number of benzene rings is 1. The standard InChI is InChI=1S/C20H23N3O3S3/c1-12-13(2)28-20-18(12)19(22-14(3)23-20)27-11-17(24)16-7-5-15(6-8-16)9-10-21-29(4,25)26/h5-8,21H,9-11H2,1-4H3. The van der Waals surface area contributed by atoms with Gasteiger partial charge >= 0.3 is 0 Å². The molecule has 0 spiro atoms. The van der Waals surface area contributed by atoms with Gasteiger partial charge in [0, 0.05) is 22.4 Å².